The molecule has 8 nitrogen and oxygen atoms in total. The summed E-state index contributed by atoms with van der Waals surface area (Å²) < 4.78 is 7.04. The SMILES string of the molecule is COc1ccc(/C=C/C(=O)N2CCN(c3ccc(-n4ccnc4C)nn3)CC2)cc1. The average Bonchev–Trinajstić information content (AvgIpc) is 3.24. The number of ether oxygens (including phenoxy) is 1. The van der Waals surface area contributed by atoms with Gasteiger partial charge in [-0.2, -0.15) is 0 Å². The number of rotatable bonds is 5. The van der Waals surface area contributed by atoms with E-state index in [1.165, 1.54) is 0 Å². The number of imidazole rings is 1. The molecular formula is C22H24N6O2. The van der Waals surface area contributed by atoms with E-state index in [0.717, 1.165) is 41.9 Å². The van der Waals surface area contributed by atoms with Crippen LogP contribution >= 0.6 is 0 Å². The molecule has 1 aromatic carbocycles. The van der Waals surface area contributed by atoms with Crippen molar-refractivity contribution < 1.29 is 9.53 Å². The Morgan fingerprint density at radius 3 is 2.30 bits per heavy atom. The van der Waals surface area contributed by atoms with E-state index in [4.69, 9.17) is 4.74 Å². The number of anilines is 1. The lowest BCUT2D eigenvalue weighted by atomic mass is 10.2. The predicted octanol–water partition coefficient (Wildman–Crippen LogP) is 2.34. The van der Waals surface area contributed by atoms with Crippen molar-refractivity contribution in [1.82, 2.24) is 24.6 Å². The van der Waals surface area contributed by atoms with Crippen molar-refractivity contribution in [2.24, 2.45) is 0 Å². The molecule has 0 unspecified atom stereocenters. The molecule has 0 atom stereocenters. The molecule has 3 heterocycles. The Morgan fingerprint density at radius 2 is 1.70 bits per heavy atom. The van der Waals surface area contributed by atoms with Gasteiger partial charge in [0.1, 0.15) is 11.6 Å². The Bertz CT molecular complexity index is 1020. The lowest BCUT2D eigenvalue weighted by Crippen LogP contribution is -2.48. The van der Waals surface area contributed by atoms with Crippen molar-refractivity contribution in [1.29, 1.82) is 0 Å². The molecule has 0 N–H and O–H groups in total. The maximum Gasteiger partial charge on any atom is 0.246 e. The third kappa shape index (κ3) is 4.32. The van der Waals surface area contributed by atoms with Gasteiger partial charge in [0.15, 0.2) is 11.6 Å². The number of aryl methyl sites for hydroxylation is 1. The number of methoxy groups -OCH3 is 1. The van der Waals surface area contributed by atoms with Gasteiger partial charge in [-0.1, -0.05) is 12.1 Å². The second-order valence-electron chi connectivity index (χ2n) is 7.01. The van der Waals surface area contributed by atoms with Crippen molar-refractivity contribution >= 4 is 17.8 Å². The molecule has 2 aromatic heterocycles. The molecule has 0 aliphatic carbocycles. The van der Waals surface area contributed by atoms with Gasteiger partial charge in [-0.25, -0.2) is 4.98 Å². The molecule has 1 fully saturated rings. The smallest absolute Gasteiger partial charge is 0.246 e. The lowest BCUT2D eigenvalue weighted by molar-refractivity contribution is -0.126. The number of hydrogen-bond acceptors (Lipinski definition) is 6. The van der Waals surface area contributed by atoms with E-state index in [9.17, 15) is 4.79 Å². The van der Waals surface area contributed by atoms with Crippen LogP contribution in [0, 0.1) is 6.92 Å². The molecule has 30 heavy (non-hydrogen) atoms. The fraction of sp³-hybridized carbons (Fsp3) is 0.273. The molecule has 1 saturated heterocycles. The summed E-state index contributed by atoms with van der Waals surface area (Å²) in [6.07, 6.45) is 7.06. The summed E-state index contributed by atoms with van der Waals surface area (Å²) in [5.74, 6) is 3.24. The van der Waals surface area contributed by atoms with Crippen LogP contribution in [0.1, 0.15) is 11.4 Å². The summed E-state index contributed by atoms with van der Waals surface area (Å²) >= 11 is 0. The van der Waals surface area contributed by atoms with Crippen molar-refractivity contribution in [2.75, 3.05) is 38.2 Å². The second-order valence-corrected chi connectivity index (χ2v) is 7.01. The summed E-state index contributed by atoms with van der Waals surface area (Å²) in [6.45, 7) is 4.67. The minimum absolute atomic E-state index is 0.0162. The van der Waals surface area contributed by atoms with Gasteiger partial charge in [-0.05, 0) is 42.8 Å². The van der Waals surface area contributed by atoms with E-state index in [-0.39, 0.29) is 5.91 Å². The zero-order chi connectivity index (χ0) is 20.9. The molecule has 0 saturated carbocycles. The van der Waals surface area contributed by atoms with Gasteiger partial charge in [-0.15, -0.1) is 10.2 Å². The van der Waals surface area contributed by atoms with E-state index in [1.54, 1.807) is 19.4 Å². The zero-order valence-electron chi connectivity index (χ0n) is 17.1. The highest BCUT2D eigenvalue weighted by molar-refractivity contribution is 5.92. The highest BCUT2D eigenvalue weighted by atomic mass is 16.5. The first-order valence-corrected chi connectivity index (χ1v) is 9.84. The number of nitrogens with zero attached hydrogens (tertiary/aromatic N) is 6. The minimum atomic E-state index is 0.0162. The molecule has 8 heteroatoms. The third-order valence-corrected chi connectivity index (χ3v) is 5.16. The summed E-state index contributed by atoms with van der Waals surface area (Å²) in [6, 6.07) is 11.5. The molecule has 0 radical (unpaired) electrons. The van der Waals surface area contributed by atoms with E-state index in [2.05, 4.69) is 20.1 Å². The van der Waals surface area contributed by atoms with Crippen molar-refractivity contribution in [3.8, 4) is 11.6 Å². The van der Waals surface area contributed by atoms with Gasteiger partial charge >= 0.3 is 0 Å². The maximum atomic E-state index is 12.5. The van der Waals surface area contributed by atoms with Crippen LogP contribution in [0.2, 0.25) is 0 Å². The first-order chi connectivity index (χ1) is 14.6. The van der Waals surface area contributed by atoms with Crippen LogP contribution in [0.4, 0.5) is 5.82 Å². The van der Waals surface area contributed by atoms with Crippen LogP contribution in [0.25, 0.3) is 11.9 Å². The van der Waals surface area contributed by atoms with Gasteiger partial charge in [0, 0.05) is 44.6 Å². The summed E-state index contributed by atoms with van der Waals surface area (Å²) in [7, 11) is 1.63. The van der Waals surface area contributed by atoms with Gasteiger partial charge in [0.25, 0.3) is 0 Å². The topological polar surface area (TPSA) is 76.4 Å². The molecule has 0 spiro atoms. The molecule has 1 aliphatic heterocycles. The number of carbonyl (C=O) groups excluding carboxylic acids is 1. The monoisotopic (exact) mass is 404 g/mol. The Hall–Kier alpha value is -3.68. The zero-order valence-corrected chi connectivity index (χ0v) is 17.1. The summed E-state index contributed by atoms with van der Waals surface area (Å²) in [5, 5.41) is 8.68. The van der Waals surface area contributed by atoms with Crippen LogP contribution in [-0.4, -0.2) is 63.8 Å². The third-order valence-electron chi connectivity index (χ3n) is 5.16. The second kappa shape index (κ2) is 8.77. The van der Waals surface area contributed by atoms with E-state index >= 15 is 0 Å². The van der Waals surface area contributed by atoms with Crippen molar-refractivity contribution in [3.05, 3.63) is 66.3 Å². The highest BCUT2D eigenvalue weighted by Gasteiger charge is 2.21. The molecule has 1 aliphatic rings. The summed E-state index contributed by atoms with van der Waals surface area (Å²) in [4.78, 5) is 20.7. The largest absolute Gasteiger partial charge is 0.497 e. The predicted molar refractivity (Wildman–Crippen MR) is 115 cm³/mol. The van der Waals surface area contributed by atoms with Crippen molar-refractivity contribution in [2.45, 2.75) is 6.92 Å². The quantitative estimate of drug-likeness (QED) is 0.608. The van der Waals surface area contributed by atoms with E-state index in [1.807, 2.05) is 65.1 Å². The number of carbonyl (C=O) groups is 1. The van der Waals surface area contributed by atoms with Crippen LogP contribution in [-0.2, 0) is 4.79 Å². The molecule has 4 rings (SSSR count). The molecule has 0 bridgehead atoms. The Balaban J connectivity index is 1.32. The summed E-state index contributed by atoms with van der Waals surface area (Å²) in [5.41, 5.74) is 0.964. The minimum Gasteiger partial charge on any atom is -0.497 e. The maximum absolute atomic E-state index is 12.5. The van der Waals surface area contributed by atoms with Gasteiger partial charge in [-0.3, -0.25) is 9.36 Å². The molecule has 154 valence electrons. The van der Waals surface area contributed by atoms with Crippen LogP contribution in [0.3, 0.4) is 0 Å². The molecule has 1 amide bonds. The Labute approximate surface area is 175 Å². The normalized spacial score (nSPS) is 14.3. The van der Waals surface area contributed by atoms with E-state index < -0.39 is 0 Å². The Kier molecular flexibility index (Phi) is 5.74. The average molecular weight is 404 g/mol. The lowest BCUT2D eigenvalue weighted by Gasteiger charge is -2.34. The van der Waals surface area contributed by atoms with Crippen LogP contribution in [0.5, 0.6) is 5.75 Å². The van der Waals surface area contributed by atoms with Gasteiger partial charge in [0.05, 0.1) is 7.11 Å². The van der Waals surface area contributed by atoms with Gasteiger partial charge in [0.2, 0.25) is 5.91 Å². The number of benzene rings is 1. The first kappa shape index (κ1) is 19.6. The fourth-order valence-electron chi connectivity index (χ4n) is 3.38. The highest BCUT2D eigenvalue weighted by Crippen LogP contribution is 2.16. The van der Waals surface area contributed by atoms with Crippen molar-refractivity contribution in [3.63, 3.8) is 0 Å². The van der Waals surface area contributed by atoms with E-state index in [0.29, 0.717) is 13.1 Å². The van der Waals surface area contributed by atoms with Crippen LogP contribution < -0.4 is 9.64 Å². The first-order valence-electron chi connectivity index (χ1n) is 9.84. The number of amides is 1. The van der Waals surface area contributed by atoms with Crippen LogP contribution in [0.15, 0.2) is 54.9 Å². The standard InChI is InChI=1S/C22H24N6O2/c1-17-23-11-12-28(17)21-9-8-20(24-25-21)26-13-15-27(16-14-26)22(29)10-5-18-3-6-19(30-2)7-4-18/h3-12H,13-16H2,1-2H3/b10-5+. The Morgan fingerprint density at radius 1 is 1.00 bits per heavy atom. The fourth-order valence-corrected chi connectivity index (χ4v) is 3.38. The number of piperazine rings is 1. The number of hydrogen-bond donors (Lipinski definition) is 0. The molecular weight excluding hydrogens is 380 g/mol. The van der Waals surface area contributed by atoms with Gasteiger partial charge < -0.3 is 14.5 Å². The number of aromatic nitrogens is 4. The molecule has 3 aromatic rings.